The summed E-state index contributed by atoms with van der Waals surface area (Å²) in [6.45, 7) is 9.99. The second-order valence-corrected chi connectivity index (χ2v) is 13.7. The minimum Gasteiger partial charge on any atom is -0.447 e. The van der Waals surface area contributed by atoms with Crippen molar-refractivity contribution < 1.29 is 23.8 Å². The van der Waals surface area contributed by atoms with Gasteiger partial charge in [0.25, 0.3) is 5.91 Å². The molecule has 0 radical (unpaired) electrons. The summed E-state index contributed by atoms with van der Waals surface area (Å²) in [5.41, 5.74) is 4.60. The van der Waals surface area contributed by atoms with E-state index in [0.29, 0.717) is 31.0 Å². The number of aliphatic hydroxyl groups excluding tert-OH is 1. The molecule has 6 rings (SSSR count). The van der Waals surface area contributed by atoms with Gasteiger partial charge < -0.3 is 20.1 Å². The minimum atomic E-state index is -0.586. The number of carbonyl (C=O) groups excluding carboxylic acids is 2. The first-order chi connectivity index (χ1) is 21.0. The molecule has 3 heterocycles. The third-order valence-corrected chi connectivity index (χ3v) is 9.70. The number of hydrogen-bond donors (Lipinski definition) is 2. The average Bonchev–Trinajstić information content (AvgIpc) is 3.43. The Labute approximate surface area is 258 Å². The summed E-state index contributed by atoms with van der Waals surface area (Å²) < 4.78 is 20.5. The van der Waals surface area contributed by atoms with Crippen molar-refractivity contribution >= 4 is 28.6 Å². The molecule has 2 atom stereocenters. The summed E-state index contributed by atoms with van der Waals surface area (Å²) in [7, 11) is 0. The number of aliphatic hydroxyl groups is 1. The minimum absolute atomic E-state index is 0.00459. The SMILES string of the molecule is CC(C)(C)[C@H]1CCc2nc3cc(F)c(C(=O)N[C@H](CCN4CCC(O)CC4)c4ccc(N5CCOC5=O)cc4)cc3cc2C1. The first-order valence-corrected chi connectivity index (χ1v) is 15.9. The van der Waals surface area contributed by atoms with Gasteiger partial charge in [-0.3, -0.25) is 14.7 Å². The summed E-state index contributed by atoms with van der Waals surface area (Å²) in [5.74, 6) is -0.512. The van der Waals surface area contributed by atoms with Crippen molar-refractivity contribution in [3.05, 3.63) is 70.7 Å². The number of piperidine rings is 1. The maximum Gasteiger partial charge on any atom is 0.414 e. The number of hydrogen-bond acceptors (Lipinski definition) is 6. The van der Waals surface area contributed by atoms with Crippen molar-refractivity contribution in [3.63, 3.8) is 0 Å². The maximum absolute atomic E-state index is 15.5. The van der Waals surface area contributed by atoms with Crippen molar-refractivity contribution in [1.82, 2.24) is 15.2 Å². The molecule has 3 aromatic rings. The number of nitrogens with one attached hydrogen (secondary N) is 1. The first kappa shape index (κ1) is 30.5. The Hall–Kier alpha value is -3.56. The standard InChI is InChI=1S/C35H43FN4O4/c1-35(2,3)25-6-9-30-23(19-25)18-24-20-28(29(36)21-32(24)37-30)33(42)38-31(12-15-39-13-10-27(41)11-14-39)22-4-7-26(8-5-22)40-16-17-44-34(40)43/h4-5,7-8,18,20-21,25,27,31,41H,6,9-17,19H2,1-3H3,(H,38,42)/t25-,31+/m0/s1. The third-order valence-electron chi connectivity index (χ3n) is 9.70. The van der Waals surface area contributed by atoms with Crippen LogP contribution >= 0.6 is 0 Å². The van der Waals surface area contributed by atoms with Gasteiger partial charge >= 0.3 is 6.09 Å². The lowest BCUT2D eigenvalue weighted by atomic mass is 9.71. The van der Waals surface area contributed by atoms with Crippen LogP contribution in [0.5, 0.6) is 0 Å². The van der Waals surface area contributed by atoms with Gasteiger partial charge in [0.2, 0.25) is 0 Å². The van der Waals surface area contributed by atoms with E-state index >= 15 is 4.39 Å². The van der Waals surface area contributed by atoms with Gasteiger partial charge in [0.1, 0.15) is 12.4 Å². The number of halogens is 1. The molecule has 9 heteroatoms. The van der Waals surface area contributed by atoms with Gasteiger partial charge in [0.05, 0.1) is 29.8 Å². The van der Waals surface area contributed by atoms with E-state index in [2.05, 4.69) is 37.1 Å². The molecular weight excluding hydrogens is 559 g/mol. The van der Waals surface area contributed by atoms with Crippen molar-refractivity contribution in [2.45, 2.75) is 71.4 Å². The Morgan fingerprint density at radius 3 is 2.55 bits per heavy atom. The van der Waals surface area contributed by atoms with Gasteiger partial charge in [0.15, 0.2) is 0 Å². The third kappa shape index (κ3) is 6.59. The lowest BCUT2D eigenvalue weighted by molar-refractivity contribution is 0.0795. The Morgan fingerprint density at radius 1 is 1.11 bits per heavy atom. The van der Waals surface area contributed by atoms with E-state index in [-0.39, 0.29) is 29.2 Å². The van der Waals surface area contributed by atoms with E-state index in [1.165, 1.54) is 11.6 Å². The Morgan fingerprint density at radius 2 is 1.86 bits per heavy atom. The average molecular weight is 603 g/mol. The van der Waals surface area contributed by atoms with E-state index in [1.807, 2.05) is 24.3 Å². The molecule has 2 N–H and O–H groups in total. The Balaban J connectivity index is 1.24. The van der Waals surface area contributed by atoms with E-state index in [0.717, 1.165) is 74.1 Å². The number of carbonyl (C=O) groups is 2. The molecule has 0 unspecified atom stereocenters. The molecule has 2 aromatic carbocycles. The number of ether oxygens (including phenoxy) is 1. The number of amides is 2. The lowest BCUT2D eigenvalue weighted by Gasteiger charge is -2.34. The first-order valence-electron chi connectivity index (χ1n) is 15.9. The van der Waals surface area contributed by atoms with E-state index in [9.17, 15) is 14.7 Å². The van der Waals surface area contributed by atoms with Crippen molar-refractivity contribution in [1.29, 1.82) is 0 Å². The molecule has 3 aliphatic rings. The van der Waals surface area contributed by atoms with Crippen LogP contribution < -0.4 is 10.2 Å². The van der Waals surface area contributed by atoms with Crippen LogP contribution in [0.3, 0.4) is 0 Å². The highest BCUT2D eigenvalue weighted by Gasteiger charge is 2.30. The van der Waals surface area contributed by atoms with E-state index < -0.39 is 11.7 Å². The highest BCUT2D eigenvalue weighted by molar-refractivity contribution is 5.98. The molecule has 1 aromatic heterocycles. The van der Waals surface area contributed by atoms with Crippen molar-refractivity contribution in [3.8, 4) is 0 Å². The second kappa shape index (κ2) is 12.4. The van der Waals surface area contributed by atoms with Gasteiger partial charge in [-0.25, -0.2) is 9.18 Å². The molecule has 234 valence electrons. The zero-order chi connectivity index (χ0) is 31.0. The lowest BCUT2D eigenvalue weighted by Crippen LogP contribution is -2.38. The molecule has 0 spiro atoms. The zero-order valence-electron chi connectivity index (χ0n) is 25.9. The van der Waals surface area contributed by atoms with Gasteiger partial charge in [-0.05, 0) is 85.3 Å². The molecule has 1 aliphatic carbocycles. The van der Waals surface area contributed by atoms with Gasteiger partial charge in [-0.2, -0.15) is 0 Å². The number of rotatable bonds is 7. The quantitative estimate of drug-likeness (QED) is 0.355. The fourth-order valence-electron chi connectivity index (χ4n) is 6.79. The van der Waals surface area contributed by atoms with Crippen molar-refractivity contribution in [2.75, 3.05) is 37.7 Å². The van der Waals surface area contributed by atoms with Crippen molar-refractivity contribution in [2.24, 2.45) is 11.3 Å². The van der Waals surface area contributed by atoms with Crippen LogP contribution in [-0.4, -0.2) is 65.9 Å². The second-order valence-electron chi connectivity index (χ2n) is 13.7. The van der Waals surface area contributed by atoms with Gasteiger partial charge in [-0.15, -0.1) is 0 Å². The molecule has 44 heavy (non-hydrogen) atoms. The number of aryl methyl sites for hydroxylation is 1. The predicted octanol–water partition coefficient (Wildman–Crippen LogP) is 5.80. The highest BCUT2D eigenvalue weighted by Crippen LogP contribution is 2.38. The number of pyridine rings is 1. The molecular formula is C35H43FN4O4. The topological polar surface area (TPSA) is 95.0 Å². The van der Waals surface area contributed by atoms with Crippen LogP contribution in [0, 0.1) is 17.2 Å². The molecule has 2 saturated heterocycles. The van der Waals surface area contributed by atoms with Crippen LogP contribution in [0.2, 0.25) is 0 Å². The summed E-state index contributed by atoms with van der Waals surface area (Å²) in [4.78, 5) is 34.4. The smallest absolute Gasteiger partial charge is 0.414 e. The molecule has 0 saturated carbocycles. The molecule has 2 amide bonds. The molecule has 0 bridgehead atoms. The number of cyclic esters (lactones) is 1. The Bertz CT molecular complexity index is 1530. The fourth-order valence-corrected chi connectivity index (χ4v) is 6.79. The predicted molar refractivity (Wildman–Crippen MR) is 168 cm³/mol. The number of anilines is 1. The van der Waals surface area contributed by atoms with Gasteiger partial charge in [0, 0.05) is 42.5 Å². The summed E-state index contributed by atoms with van der Waals surface area (Å²) >= 11 is 0. The largest absolute Gasteiger partial charge is 0.447 e. The number of benzene rings is 2. The molecule has 2 aliphatic heterocycles. The maximum atomic E-state index is 15.5. The van der Waals surface area contributed by atoms with Crippen LogP contribution in [0.25, 0.3) is 10.9 Å². The van der Waals surface area contributed by atoms with E-state index in [4.69, 9.17) is 9.72 Å². The molecule has 2 fully saturated rings. The Kier molecular flexibility index (Phi) is 8.61. The summed E-state index contributed by atoms with van der Waals surface area (Å²) in [6, 6.07) is 12.3. The zero-order valence-corrected chi connectivity index (χ0v) is 25.9. The number of fused-ring (bicyclic) bond motifs is 2. The van der Waals surface area contributed by atoms with Crippen LogP contribution in [0.4, 0.5) is 14.9 Å². The van der Waals surface area contributed by atoms with Crippen LogP contribution in [-0.2, 0) is 17.6 Å². The summed E-state index contributed by atoms with van der Waals surface area (Å²) in [6.07, 6.45) is 4.33. The number of likely N-dealkylation sites (tertiary alicyclic amines) is 1. The van der Waals surface area contributed by atoms with Crippen LogP contribution in [0.1, 0.15) is 79.7 Å². The van der Waals surface area contributed by atoms with Gasteiger partial charge in [-0.1, -0.05) is 32.9 Å². The van der Waals surface area contributed by atoms with Crippen LogP contribution in [0.15, 0.2) is 42.5 Å². The van der Waals surface area contributed by atoms with E-state index in [1.54, 1.807) is 11.0 Å². The normalized spacial score (nSPS) is 20.4. The molecule has 8 nitrogen and oxygen atoms in total. The summed E-state index contributed by atoms with van der Waals surface area (Å²) in [5, 5.41) is 13.8. The monoisotopic (exact) mass is 602 g/mol. The highest BCUT2D eigenvalue weighted by atomic mass is 19.1. The fraction of sp³-hybridized carbons (Fsp3) is 0.514. The number of aromatic nitrogens is 1. The number of nitrogens with zero attached hydrogens (tertiary/aromatic N) is 3.